The second-order valence-corrected chi connectivity index (χ2v) is 7.29. The average Bonchev–Trinajstić information content (AvgIpc) is 3.28. The summed E-state index contributed by atoms with van der Waals surface area (Å²) in [4.78, 5) is 38.1. The fraction of sp³-hybridized carbons (Fsp3) is 0.476. The Bertz CT molecular complexity index is 895. The molecule has 2 amide bonds. The molecule has 2 aromatic rings. The number of amides is 2. The molecular weight excluding hydrogens is 404 g/mol. The van der Waals surface area contributed by atoms with Crippen molar-refractivity contribution in [2.45, 2.75) is 58.7 Å². The zero-order valence-corrected chi connectivity index (χ0v) is 17.8. The number of pyridine rings is 1. The van der Waals surface area contributed by atoms with Crippen molar-refractivity contribution in [2.24, 2.45) is 5.92 Å². The molecule has 0 bridgehead atoms. The third-order valence-corrected chi connectivity index (χ3v) is 4.88. The number of aryl methyl sites for hydroxylation is 2. The number of carbonyl (C=O) groups excluding carboxylic acids is 2. The Morgan fingerprint density at radius 1 is 1.26 bits per heavy atom. The van der Waals surface area contributed by atoms with E-state index in [0.717, 1.165) is 12.6 Å². The van der Waals surface area contributed by atoms with Crippen LogP contribution in [-0.4, -0.2) is 50.3 Å². The van der Waals surface area contributed by atoms with E-state index in [1.54, 1.807) is 13.1 Å². The number of carbonyl (C=O) groups is 3. The molecule has 0 aromatic carbocycles. The summed E-state index contributed by atoms with van der Waals surface area (Å²) < 4.78 is 5.09. The van der Waals surface area contributed by atoms with Crippen LogP contribution in [0.5, 0.6) is 0 Å². The maximum Gasteiger partial charge on any atom is 0.300 e. The monoisotopic (exact) mass is 432 g/mol. The topological polar surface area (TPSA) is 155 Å². The quantitative estimate of drug-likeness (QED) is 0.531. The number of carboxylic acids is 1. The fourth-order valence-electron chi connectivity index (χ4n) is 3.40. The molecule has 0 unspecified atom stereocenters. The van der Waals surface area contributed by atoms with Crippen molar-refractivity contribution in [3.05, 3.63) is 47.1 Å². The summed E-state index contributed by atoms with van der Waals surface area (Å²) in [5.74, 6) is -1.22. The van der Waals surface area contributed by atoms with Crippen LogP contribution in [0, 0.1) is 12.8 Å². The van der Waals surface area contributed by atoms with E-state index in [4.69, 9.17) is 14.4 Å². The van der Waals surface area contributed by atoms with Crippen molar-refractivity contribution in [3.63, 3.8) is 0 Å². The average molecular weight is 432 g/mol. The third kappa shape index (κ3) is 6.88. The van der Waals surface area contributed by atoms with E-state index >= 15 is 0 Å². The van der Waals surface area contributed by atoms with E-state index in [1.807, 2.05) is 25.1 Å². The molecule has 3 rings (SSSR count). The summed E-state index contributed by atoms with van der Waals surface area (Å²) in [5.41, 5.74) is 1.76. The van der Waals surface area contributed by atoms with E-state index in [9.17, 15) is 14.7 Å². The number of nitrogens with one attached hydrogen (secondary N) is 2. The van der Waals surface area contributed by atoms with Crippen molar-refractivity contribution in [1.82, 2.24) is 20.8 Å². The van der Waals surface area contributed by atoms with Crippen LogP contribution in [0.15, 0.2) is 28.9 Å². The molecule has 10 nitrogen and oxygen atoms in total. The number of nitrogens with zero attached hydrogens (tertiary/aromatic N) is 2. The number of aromatic nitrogens is 2. The lowest BCUT2D eigenvalue weighted by Gasteiger charge is -2.16. The lowest BCUT2D eigenvalue weighted by molar-refractivity contribution is -0.134. The van der Waals surface area contributed by atoms with Crippen LogP contribution in [0.3, 0.4) is 0 Å². The van der Waals surface area contributed by atoms with Gasteiger partial charge in [0.1, 0.15) is 11.3 Å². The summed E-state index contributed by atoms with van der Waals surface area (Å²) in [7, 11) is 0. The first-order chi connectivity index (χ1) is 14.7. The molecule has 10 heteroatoms. The fourth-order valence-corrected chi connectivity index (χ4v) is 3.40. The second-order valence-electron chi connectivity index (χ2n) is 7.29. The van der Waals surface area contributed by atoms with Crippen LogP contribution < -0.4 is 10.6 Å². The molecule has 2 heterocycles. The first-order valence-corrected chi connectivity index (χ1v) is 10.0. The molecular formula is C21H28N4O6. The number of rotatable bonds is 6. The van der Waals surface area contributed by atoms with Crippen molar-refractivity contribution >= 4 is 17.8 Å². The Balaban J connectivity index is 0.000000785. The molecule has 0 spiro atoms. The lowest BCUT2D eigenvalue weighted by atomic mass is 10.1. The molecule has 0 saturated heterocycles. The molecule has 2 aromatic heterocycles. The van der Waals surface area contributed by atoms with Crippen LogP contribution in [0.4, 0.5) is 0 Å². The maximum absolute atomic E-state index is 12.6. The summed E-state index contributed by atoms with van der Waals surface area (Å²) in [6.45, 7) is 4.99. The predicted octanol–water partition coefficient (Wildman–Crippen LogP) is 1.22. The highest BCUT2D eigenvalue weighted by molar-refractivity contribution is 5.96. The molecule has 0 aliphatic heterocycles. The molecule has 1 aliphatic carbocycles. The van der Waals surface area contributed by atoms with Crippen molar-refractivity contribution in [2.75, 3.05) is 0 Å². The highest BCUT2D eigenvalue weighted by Crippen LogP contribution is 2.27. The molecule has 1 fully saturated rings. The van der Waals surface area contributed by atoms with Gasteiger partial charge >= 0.3 is 0 Å². The smallest absolute Gasteiger partial charge is 0.300 e. The SMILES string of the molecule is CC(=O)O.CCc1noc(C)c1C(=O)N[C@@H]1C[C@H](C(=O)NCc2ccccn2)C[C@H]1O. The van der Waals surface area contributed by atoms with Gasteiger partial charge in [-0.15, -0.1) is 0 Å². The molecule has 168 valence electrons. The van der Waals surface area contributed by atoms with Gasteiger partial charge in [0.15, 0.2) is 0 Å². The second kappa shape index (κ2) is 11.2. The zero-order valence-electron chi connectivity index (χ0n) is 17.8. The van der Waals surface area contributed by atoms with Gasteiger partial charge < -0.3 is 25.4 Å². The minimum atomic E-state index is -0.833. The third-order valence-electron chi connectivity index (χ3n) is 4.88. The van der Waals surface area contributed by atoms with Gasteiger partial charge in [-0.3, -0.25) is 19.4 Å². The van der Waals surface area contributed by atoms with Gasteiger partial charge in [0.05, 0.1) is 30.1 Å². The summed E-state index contributed by atoms with van der Waals surface area (Å²) in [5, 5.41) is 27.2. The van der Waals surface area contributed by atoms with E-state index in [1.165, 1.54) is 0 Å². The van der Waals surface area contributed by atoms with Crippen molar-refractivity contribution < 1.29 is 29.1 Å². The van der Waals surface area contributed by atoms with Gasteiger partial charge in [-0.05, 0) is 38.3 Å². The Labute approximate surface area is 180 Å². The van der Waals surface area contributed by atoms with Gasteiger partial charge in [0.2, 0.25) is 5.91 Å². The number of aliphatic carboxylic acids is 1. The summed E-state index contributed by atoms with van der Waals surface area (Å²) >= 11 is 0. The largest absolute Gasteiger partial charge is 0.481 e. The highest BCUT2D eigenvalue weighted by Gasteiger charge is 2.38. The predicted molar refractivity (Wildman–Crippen MR) is 110 cm³/mol. The van der Waals surface area contributed by atoms with Crippen LogP contribution >= 0.6 is 0 Å². The molecule has 1 aliphatic rings. The van der Waals surface area contributed by atoms with Gasteiger partial charge in [0, 0.05) is 19.0 Å². The van der Waals surface area contributed by atoms with Crippen LogP contribution in [0.1, 0.15) is 54.2 Å². The van der Waals surface area contributed by atoms with E-state index in [0.29, 0.717) is 42.8 Å². The molecule has 0 radical (unpaired) electrons. The Morgan fingerprint density at radius 2 is 1.97 bits per heavy atom. The number of aliphatic hydroxyl groups excluding tert-OH is 1. The highest BCUT2D eigenvalue weighted by atomic mass is 16.5. The minimum absolute atomic E-state index is 0.146. The van der Waals surface area contributed by atoms with Gasteiger partial charge in [0.25, 0.3) is 11.9 Å². The summed E-state index contributed by atoms with van der Waals surface area (Å²) in [6.07, 6.45) is 2.16. The van der Waals surface area contributed by atoms with E-state index in [-0.39, 0.29) is 17.7 Å². The molecule has 3 atom stereocenters. The minimum Gasteiger partial charge on any atom is -0.481 e. The number of hydrogen-bond donors (Lipinski definition) is 4. The molecule has 31 heavy (non-hydrogen) atoms. The van der Waals surface area contributed by atoms with E-state index in [2.05, 4.69) is 20.8 Å². The van der Waals surface area contributed by atoms with Crippen LogP contribution in [-0.2, 0) is 22.6 Å². The molecule has 4 N–H and O–H groups in total. The van der Waals surface area contributed by atoms with Crippen LogP contribution in [0.25, 0.3) is 0 Å². The Hall–Kier alpha value is -3.27. The maximum atomic E-state index is 12.6. The number of hydrogen-bond acceptors (Lipinski definition) is 7. The van der Waals surface area contributed by atoms with Gasteiger partial charge in [-0.1, -0.05) is 18.1 Å². The first-order valence-electron chi connectivity index (χ1n) is 10.0. The van der Waals surface area contributed by atoms with Gasteiger partial charge in [-0.25, -0.2) is 0 Å². The van der Waals surface area contributed by atoms with Gasteiger partial charge in [-0.2, -0.15) is 0 Å². The molecule has 1 saturated carbocycles. The standard InChI is InChI=1S/C19H24N4O4.C2H4O2/c1-3-14-17(11(2)27-23-14)19(26)22-15-8-12(9-16(15)24)18(25)21-10-13-6-4-5-7-20-13;1-2(3)4/h4-7,12,15-16,24H,3,8-10H2,1-2H3,(H,21,25)(H,22,26);1H3,(H,3,4)/t12-,15+,16+;/m0./s1. The lowest BCUT2D eigenvalue weighted by Crippen LogP contribution is -2.40. The van der Waals surface area contributed by atoms with Crippen LogP contribution in [0.2, 0.25) is 0 Å². The van der Waals surface area contributed by atoms with Crippen molar-refractivity contribution in [3.8, 4) is 0 Å². The van der Waals surface area contributed by atoms with Crippen molar-refractivity contribution in [1.29, 1.82) is 0 Å². The Morgan fingerprint density at radius 3 is 2.58 bits per heavy atom. The normalized spacial score (nSPS) is 19.8. The first kappa shape index (κ1) is 24.0. The number of carboxylic acid groups (broad SMARTS) is 1. The Kier molecular flexibility index (Phi) is 8.68. The zero-order chi connectivity index (χ0) is 23.0. The summed E-state index contributed by atoms with van der Waals surface area (Å²) in [6, 6.07) is 5.02. The number of aliphatic hydroxyl groups is 1. The van der Waals surface area contributed by atoms with E-state index < -0.39 is 18.1 Å².